The van der Waals surface area contributed by atoms with Gasteiger partial charge in [0.1, 0.15) is 0 Å². The molecule has 0 aliphatic carbocycles. The Labute approximate surface area is 101 Å². The van der Waals surface area contributed by atoms with Crippen LogP contribution in [0.4, 0.5) is 8.78 Å². The second-order valence-electron chi connectivity index (χ2n) is 5.01. The average molecular weight is 239 g/mol. The lowest BCUT2D eigenvalue weighted by Crippen LogP contribution is -2.26. The van der Waals surface area contributed by atoms with Gasteiger partial charge in [-0.2, -0.15) is 0 Å². The largest absolute Gasteiger partial charge is 0.317 e. The van der Waals surface area contributed by atoms with Crippen LogP contribution in [0.1, 0.15) is 36.8 Å². The molecule has 2 rings (SSSR count). The first-order chi connectivity index (χ1) is 8.04. The fourth-order valence-corrected chi connectivity index (χ4v) is 2.42. The third kappa shape index (κ3) is 3.77. The van der Waals surface area contributed by atoms with Crippen LogP contribution < -0.4 is 5.32 Å². The predicted molar refractivity (Wildman–Crippen MR) is 65.6 cm³/mol. The molecule has 0 spiro atoms. The van der Waals surface area contributed by atoms with Gasteiger partial charge in [0, 0.05) is 6.42 Å². The van der Waals surface area contributed by atoms with Crippen molar-refractivity contribution in [1.29, 1.82) is 0 Å². The van der Waals surface area contributed by atoms with Crippen LogP contribution in [0.15, 0.2) is 24.3 Å². The van der Waals surface area contributed by atoms with Crippen molar-refractivity contribution in [2.45, 2.75) is 38.0 Å². The number of piperidine rings is 1. The molecule has 0 bridgehead atoms. The molecule has 0 unspecified atom stereocenters. The summed E-state index contributed by atoms with van der Waals surface area (Å²) in [6, 6.07) is 7.71. The monoisotopic (exact) mass is 239 g/mol. The minimum atomic E-state index is -2.61. The molecular formula is C14H19F2N. The van der Waals surface area contributed by atoms with Gasteiger partial charge in [0.15, 0.2) is 0 Å². The molecule has 0 radical (unpaired) electrons. The quantitative estimate of drug-likeness (QED) is 0.853. The second-order valence-corrected chi connectivity index (χ2v) is 5.01. The predicted octanol–water partition coefficient (Wildman–Crippen LogP) is 3.35. The Morgan fingerprint density at radius 1 is 1.18 bits per heavy atom. The lowest BCUT2D eigenvalue weighted by atomic mass is 9.89. The van der Waals surface area contributed by atoms with Crippen LogP contribution in [0, 0.1) is 0 Å². The van der Waals surface area contributed by atoms with Gasteiger partial charge in [-0.15, -0.1) is 0 Å². The van der Waals surface area contributed by atoms with Crippen molar-refractivity contribution in [3.05, 3.63) is 35.4 Å². The molecule has 1 aliphatic heterocycles. The van der Waals surface area contributed by atoms with Crippen molar-refractivity contribution in [2.75, 3.05) is 13.1 Å². The van der Waals surface area contributed by atoms with Gasteiger partial charge < -0.3 is 5.32 Å². The Bertz CT molecular complexity index is 347. The highest BCUT2D eigenvalue weighted by Crippen LogP contribution is 2.26. The van der Waals surface area contributed by atoms with Crippen molar-refractivity contribution >= 4 is 0 Å². The van der Waals surface area contributed by atoms with Gasteiger partial charge in [0.05, 0.1) is 0 Å². The normalized spacial score (nSPS) is 18.3. The Hall–Kier alpha value is -0.960. The van der Waals surface area contributed by atoms with E-state index in [0.717, 1.165) is 38.4 Å². The maximum atomic E-state index is 12.9. The fraction of sp³-hybridized carbons (Fsp3) is 0.571. The van der Waals surface area contributed by atoms with E-state index in [9.17, 15) is 8.78 Å². The van der Waals surface area contributed by atoms with E-state index in [4.69, 9.17) is 0 Å². The summed E-state index contributed by atoms with van der Waals surface area (Å²) in [4.78, 5) is 0. The fourth-order valence-electron chi connectivity index (χ4n) is 2.42. The molecule has 0 aromatic heterocycles. The van der Waals surface area contributed by atoms with E-state index in [1.807, 2.05) is 24.3 Å². The zero-order chi connectivity index (χ0) is 12.3. The first-order valence-corrected chi connectivity index (χ1v) is 6.22. The number of alkyl halides is 2. The number of halogens is 2. The molecule has 1 aromatic carbocycles. The number of benzene rings is 1. The molecule has 1 aromatic rings. The Balaban J connectivity index is 2.02. The van der Waals surface area contributed by atoms with Crippen LogP contribution in [0.5, 0.6) is 0 Å². The molecule has 0 saturated carbocycles. The summed E-state index contributed by atoms with van der Waals surface area (Å²) >= 11 is 0. The molecule has 0 atom stereocenters. The Morgan fingerprint density at radius 3 is 2.29 bits per heavy atom. The molecule has 1 fully saturated rings. The van der Waals surface area contributed by atoms with E-state index in [0.29, 0.717) is 5.92 Å². The zero-order valence-electron chi connectivity index (χ0n) is 10.2. The van der Waals surface area contributed by atoms with E-state index >= 15 is 0 Å². The molecule has 1 N–H and O–H groups in total. The molecule has 1 heterocycles. The maximum absolute atomic E-state index is 12.9. The lowest BCUT2D eigenvalue weighted by molar-refractivity contribution is 0.0226. The van der Waals surface area contributed by atoms with Crippen molar-refractivity contribution in [1.82, 2.24) is 5.32 Å². The van der Waals surface area contributed by atoms with Crippen molar-refractivity contribution < 1.29 is 8.78 Å². The highest BCUT2D eigenvalue weighted by atomic mass is 19.3. The highest BCUT2D eigenvalue weighted by Gasteiger charge is 2.21. The van der Waals surface area contributed by atoms with Crippen LogP contribution in [0.3, 0.4) is 0 Å². The SMILES string of the molecule is CC(F)(F)Cc1ccc(C2CCNCC2)cc1. The van der Waals surface area contributed by atoms with Crippen LogP contribution in [0.25, 0.3) is 0 Å². The van der Waals surface area contributed by atoms with Gasteiger partial charge in [-0.05, 0) is 49.9 Å². The summed E-state index contributed by atoms with van der Waals surface area (Å²) in [6.07, 6.45) is 2.12. The first-order valence-electron chi connectivity index (χ1n) is 6.22. The topological polar surface area (TPSA) is 12.0 Å². The number of hydrogen-bond donors (Lipinski definition) is 1. The van der Waals surface area contributed by atoms with E-state index in [-0.39, 0.29) is 6.42 Å². The molecular weight excluding hydrogens is 220 g/mol. The van der Waals surface area contributed by atoms with Crippen molar-refractivity contribution in [2.24, 2.45) is 0 Å². The van der Waals surface area contributed by atoms with Crippen LogP contribution in [-0.4, -0.2) is 19.0 Å². The third-order valence-electron chi connectivity index (χ3n) is 3.30. The third-order valence-corrected chi connectivity index (χ3v) is 3.30. The average Bonchev–Trinajstić information content (AvgIpc) is 2.29. The highest BCUT2D eigenvalue weighted by molar-refractivity contribution is 5.26. The first kappa shape index (κ1) is 12.5. The van der Waals surface area contributed by atoms with Crippen molar-refractivity contribution in [3.8, 4) is 0 Å². The number of rotatable bonds is 3. The second kappa shape index (κ2) is 5.13. The van der Waals surface area contributed by atoms with Crippen LogP contribution >= 0.6 is 0 Å². The van der Waals surface area contributed by atoms with E-state index in [1.54, 1.807) is 0 Å². The van der Waals surface area contributed by atoms with Gasteiger partial charge in [-0.3, -0.25) is 0 Å². The summed E-state index contributed by atoms with van der Waals surface area (Å²) in [5, 5.41) is 3.33. The molecule has 0 amide bonds. The summed E-state index contributed by atoms with van der Waals surface area (Å²) in [5.41, 5.74) is 2.00. The Kier molecular flexibility index (Phi) is 3.77. The minimum Gasteiger partial charge on any atom is -0.317 e. The van der Waals surface area contributed by atoms with Crippen LogP contribution in [0.2, 0.25) is 0 Å². The smallest absolute Gasteiger partial charge is 0.249 e. The van der Waals surface area contributed by atoms with Gasteiger partial charge in [0.25, 0.3) is 0 Å². The van der Waals surface area contributed by atoms with Gasteiger partial charge >= 0.3 is 0 Å². The molecule has 1 aliphatic rings. The molecule has 1 saturated heterocycles. The van der Waals surface area contributed by atoms with Crippen LogP contribution in [-0.2, 0) is 6.42 Å². The summed E-state index contributed by atoms with van der Waals surface area (Å²) in [7, 11) is 0. The number of hydrogen-bond acceptors (Lipinski definition) is 1. The Morgan fingerprint density at radius 2 is 1.76 bits per heavy atom. The maximum Gasteiger partial charge on any atom is 0.249 e. The molecule has 94 valence electrons. The number of nitrogens with one attached hydrogen (secondary N) is 1. The molecule has 17 heavy (non-hydrogen) atoms. The van der Waals surface area contributed by atoms with E-state index in [1.165, 1.54) is 5.56 Å². The van der Waals surface area contributed by atoms with E-state index < -0.39 is 5.92 Å². The summed E-state index contributed by atoms with van der Waals surface area (Å²) in [6.45, 7) is 3.08. The van der Waals surface area contributed by atoms with Gasteiger partial charge in [-0.1, -0.05) is 24.3 Å². The standard InChI is InChI=1S/C14H19F2N/c1-14(15,16)10-11-2-4-12(5-3-11)13-6-8-17-9-7-13/h2-5,13,17H,6-10H2,1H3. The molecule has 3 heteroatoms. The van der Waals surface area contributed by atoms with Gasteiger partial charge in [-0.25, -0.2) is 8.78 Å². The van der Waals surface area contributed by atoms with Gasteiger partial charge in [0.2, 0.25) is 5.92 Å². The minimum absolute atomic E-state index is 0.167. The summed E-state index contributed by atoms with van der Waals surface area (Å²) < 4.78 is 25.7. The van der Waals surface area contributed by atoms with E-state index in [2.05, 4.69) is 5.32 Å². The molecule has 1 nitrogen and oxygen atoms in total. The lowest BCUT2D eigenvalue weighted by Gasteiger charge is -2.23. The zero-order valence-corrected chi connectivity index (χ0v) is 10.2. The van der Waals surface area contributed by atoms with Crippen molar-refractivity contribution in [3.63, 3.8) is 0 Å². The summed E-state index contributed by atoms with van der Waals surface area (Å²) in [5.74, 6) is -2.02.